The molecule has 2 aromatic heterocycles. The third-order valence-corrected chi connectivity index (χ3v) is 6.94. The number of halogens is 5. The van der Waals surface area contributed by atoms with Gasteiger partial charge in [-0.05, 0) is 69.2 Å². The van der Waals surface area contributed by atoms with Crippen LogP contribution in [0.3, 0.4) is 0 Å². The molecule has 44 heavy (non-hydrogen) atoms. The van der Waals surface area contributed by atoms with Gasteiger partial charge in [-0.25, -0.2) is 27.9 Å². The lowest BCUT2D eigenvalue weighted by Gasteiger charge is -2.24. The Kier molecular flexibility index (Phi) is 7.82. The molecule has 232 valence electrons. The third-order valence-electron chi connectivity index (χ3n) is 6.94. The van der Waals surface area contributed by atoms with Crippen molar-refractivity contribution in [3.05, 3.63) is 71.7 Å². The predicted molar refractivity (Wildman–Crippen MR) is 152 cm³/mol. The van der Waals surface area contributed by atoms with E-state index in [0.717, 1.165) is 11.8 Å². The summed E-state index contributed by atoms with van der Waals surface area (Å²) in [5, 5.41) is 8.49. The van der Waals surface area contributed by atoms with E-state index in [-0.39, 0.29) is 17.4 Å². The molecule has 3 heterocycles. The van der Waals surface area contributed by atoms with Crippen LogP contribution < -0.4 is 16.4 Å². The fourth-order valence-corrected chi connectivity index (χ4v) is 4.95. The number of ether oxygens (including phenoxy) is 1. The first-order valence-corrected chi connectivity index (χ1v) is 13.5. The molecule has 0 saturated carbocycles. The summed E-state index contributed by atoms with van der Waals surface area (Å²) < 4.78 is 75.3. The van der Waals surface area contributed by atoms with Crippen LogP contribution in [0.4, 0.5) is 48.7 Å². The highest BCUT2D eigenvalue weighted by Crippen LogP contribution is 2.37. The molecule has 0 spiro atoms. The summed E-state index contributed by atoms with van der Waals surface area (Å²) in [7, 11) is 0. The largest absolute Gasteiger partial charge is 0.444 e. The van der Waals surface area contributed by atoms with Crippen molar-refractivity contribution in [1.82, 2.24) is 19.5 Å². The van der Waals surface area contributed by atoms with Crippen molar-refractivity contribution < 1.29 is 36.3 Å². The van der Waals surface area contributed by atoms with Crippen molar-refractivity contribution in [1.29, 1.82) is 0 Å². The number of fused-ring (bicyclic) bond motifs is 1. The van der Waals surface area contributed by atoms with Crippen molar-refractivity contribution in [3.63, 3.8) is 0 Å². The summed E-state index contributed by atoms with van der Waals surface area (Å²) in [6, 6.07) is 6.05. The van der Waals surface area contributed by atoms with E-state index >= 15 is 4.39 Å². The molecule has 1 aliphatic rings. The number of anilines is 3. The number of nitrogens with zero attached hydrogens (tertiary/aromatic N) is 4. The number of nitrogens with one attached hydrogen (secondary N) is 2. The molecule has 0 radical (unpaired) electrons. The maximum atomic E-state index is 15.2. The van der Waals surface area contributed by atoms with Gasteiger partial charge in [-0.15, -0.1) is 0 Å². The van der Waals surface area contributed by atoms with Crippen LogP contribution in [-0.2, 0) is 10.9 Å². The summed E-state index contributed by atoms with van der Waals surface area (Å²) in [4.78, 5) is 30.7. The minimum Gasteiger partial charge on any atom is -0.444 e. The van der Waals surface area contributed by atoms with Gasteiger partial charge in [0, 0.05) is 30.3 Å². The zero-order chi connectivity index (χ0) is 32.0. The van der Waals surface area contributed by atoms with Crippen LogP contribution in [0.1, 0.15) is 44.4 Å². The lowest BCUT2D eigenvalue weighted by atomic mass is 10.0. The summed E-state index contributed by atoms with van der Waals surface area (Å²) in [6.45, 7) is 6.18. The molecule has 1 atom stereocenters. The minimum atomic E-state index is -4.75. The van der Waals surface area contributed by atoms with Crippen molar-refractivity contribution in [3.8, 4) is 11.1 Å². The van der Waals surface area contributed by atoms with E-state index in [2.05, 4.69) is 15.4 Å². The number of likely N-dealkylation sites (tertiary alicyclic amines) is 1. The molecule has 4 aromatic rings. The van der Waals surface area contributed by atoms with Crippen LogP contribution in [0.15, 0.2) is 48.8 Å². The Morgan fingerprint density at radius 3 is 2.41 bits per heavy atom. The summed E-state index contributed by atoms with van der Waals surface area (Å²) in [5.41, 5.74) is 5.34. The number of hydrogen-bond acceptors (Lipinski definition) is 6. The van der Waals surface area contributed by atoms with Gasteiger partial charge < -0.3 is 26.0 Å². The van der Waals surface area contributed by atoms with Crippen molar-refractivity contribution in [2.24, 2.45) is 0 Å². The average Bonchev–Trinajstić information content (AvgIpc) is 3.56. The molecular formula is C29H28F5N7O3. The Balaban J connectivity index is 1.38. The molecule has 5 rings (SSSR count). The number of nitrogen functional groups attached to an aromatic ring is 1. The molecule has 1 saturated heterocycles. The van der Waals surface area contributed by atoms with E-state index < -0.39 is 46.8 Å². The Bertz CT molecular complexity index is 1750. The van der Waals surface area contributed by atoms with Gasteiger partial charge in [0.05, 0.1) is 16.9 Å². The van der Waals surface area contributed by atoms with Crippen LogP contribution in [0.25, 0.3) is 16.6 Å². The van der Waals surface area contributed by atoms with E-state index in [1.54, 1.807) is 36.3 Å². The zero-order valence-electron chi connectivity index (χ0n) is 23.8. The molecule has 1 unspecified atom stereocenters. The molecule has 1 aliphatic heterocycles. The van der Waals surface area contributed by atoms with Gasteiger partial charge in [-0.1, -0.05) is 6.07 Å². The van der Waals surface area contributed by atoms with E-state index in [0.29, 0.717) is 54.4 Å². The van der Waals surface area contributed by atoms with Gasteiger partial charge in [0.15, 0.2) is 5.82 Å². The number of nitrogens with two attached hydrogens (primary N) is 1. The molecule has 15 heteroatoms. The standard InChI is InChI=1S/C29H28F5N7O3/c1-28(2,3)44-27(43)40-9-8-16(13-40)23-12-18(24-25(35)36-14-37-41(23)24)15-4-7-21(20(31)10-15)38-26(42)39-22-11-17(29(32,33)34)5-6-19(22)30/h4-7,10-12,14,16H,8-9,13H2,1-3H3,(H2,35,36,37)(H2,38,39,42). The van der Waals surface area contributed by atoms with Crippen molar-refractivity contribution in [2.45, 2.75) is 44.9 Å². The van der Waals surface area contributed by atoms with E-state index in [1.165, 1.54) is 18.5 Å². The van der Waals surface area contributed by atoms with Crippen LogP contribution in [0.5, 0.6) is 0 Å². The van der Waals surface area contributed by atoms with Crippen LogP contribution in [0.2, 0.25) is 0 Å². The van der Waals surface area contributed by atoms with Gasteiger partial charge in [0.25, 0.3) is 0 Å². The Hall–Kier alpha value is -4.95. The van der Waals surface area contributed by atoms with Crippen LogP contribution in [0, 0.1) is 11.6 Å². The Morgan fingerprint density at radius 1 is 1.00 bits per heavy atom. The monoisotopic (exact) mass is 617 g/mol. The number of carbonyl (C=O) groups is 2. The highest BCUT2D eigenvalue weighted by Gasteiger charge is 2.34. The number of benzene rings is 2. The number of urea groups is 1. The van der Waals surface area contributed by atoms with Gasteiger partial charge in [0.2, 0.25) is 0 Å². The van der Waals surface area contributed by atoms with Gasteiger partial charge in [-0.2, -0.15) is 18.3 Å². The molecule has 3 amide bonds. The third kappa shape index (κ3) is 6.35. The van der Waals surface area contributed by atoms with Crippen molar-refractivity contribution in [2.75, 3.05) is 29.5 Å². The quantitative estimate of drug-likeness (QED) is 0.220. The highest BCUT2D eigenvalue weighted by atomic mass is 19.4. The smallest absolute Gasteiger partial charge is 0.416 e. The number of hydrogen-bond donors (Lipinski definition) is 3. The normalized spacial score (nSPS) is 15.5. The molecule has 0 bridgehead atoms. The molecule has 0 aliphatic carbocycles. The second-order valence-corrected chi connectivity index (χ2v) is 11.3. The van der Waals surface area contributed by atoms with E-state index in [1.807, 2.05) is 5.32 Å². The highest BCUT2D eigenvalue weighted by molar-refractivity contribution is 6.00. The Labute approximate surface area is 248 Å². The summed E-state index contributed by atoms with van der Waals surface area (Å²) >= 11 is 0. The lowest BCUT2D eigenvalue weighted by Crippen LogP contribution is -2.35. The van der Waals surface area contributed by atoms with E-state index in [4.69, 9.17) is 10.5 Å². The topological polar surface area (TPSA) is 127 Å². The maximum Gasteiger partial charge on any atom is 0.416 e. The second-order valence-electron chi connectivity index (χ2n) is 11.3. The van der Waals surface area contributed by atoms with Crippen LogP contribution >= 0.6 is 0 Å². The lowest BCUT2D eigenvalue weighted by molar-refractivity contribution is -0.137. The van der Waals surface area contributed by atoms with Crippen molar-refractivity contribution >= 4 is 34.8 Å². The fraction of sp³-hybridized carbons (Fsp3) is 0.310. The number of carbonyl (C=O) groups excluding carboxylic acids is 2. The predicted octanol–water partition coefficient (Wildman–Crippen LogP) is 6.64. The summed E-state index contributed by atoms with van der Waals surface area (Å²) in [6.07, 6.45) is -3.28. The molecule has 1 fully saturated rings. The summed E-state index contributed by atoms with van der Waals surface area (Å²) in [5.74, 6) is -1.98. The first kappa shape index (κ1) is 30.5. The SMILES string of the molecule is CC(C)(C)OC(=O)N1CCC(c2cc(-c3ccc(NC(=O)Nc4cc(C(F)(F)F)ccc4F)c(F)c3)c3c(N)ncnn23)C1. The molecule has 2 aromatic carbocycles. The Morgan fingerprint density at radius 2 is 1.73 bits per heavy atom. The zero-order valence-corrected chi connectivity index (χ0v) is 23.8. The number of rotatable bonds is 4. The molecular weight excluding hydrogens is 589 g/mol. The van der Waals surface area contributed by atoms with Gasteiger partial charge in [0.1, 0.15) is 29.1 Å². The average molecular weight is 618 g/mol. The molecule has 4 N–H and O–H groups in total. The van der Waals surface area contributed by atoms with Crippen LogP contribution in [-0.4, -0.2) is 50.3 Å². The number of alkyl halides is 3. The number of aromatic nitrogens is 3. The first-order chi connectivity index (χ1) is 20.6. The maximum absolute atomic E-state index is 15.2. The first-order valence-electron chi connectivity index (χ1n) is 13.5. The van der Waals surface area contributed by atoms with Gasteiger partial charge >= 0.3 is 18.3 Å². The van der Waals surface area contributed by atoms with E-state index in [9.17, 15) is 27.2 Å². The molecule has 10 nitrogen and oxygen atoms in total. The number of amides is 3. The minimum absolute atomic E-state index is 0.133. The fourth-order valence-electron chi connectivity index (χ4n) is 4.95. The second kappa shape index (κ2) is 11.3. The van der Waals surface area contributed by atoms with Gasteiger partial charge in [-0.3, -0.25) is 0 Å².